The number of hydrogen-bond acceptors (Lipinski definition) is 2. The van der Waals surface area contributed by atoms with Gasteiger partial charge in [0, 0.05) is 0 Å². The van der Waals surface area contributed by atoms with Gasteiger partial charge in [0.1, 0.15) is 0 Å². The third-order valence-electron chi connectivity index (χ3n) is 4.61. The lowest BCUT2D eigenvalue weighted by Gasteiger charge is -2.28. The number of aliphatic imine (C=N–C) groups is 1. The van der Waals surface area contributed by atoms with Crippen molar-refractivity contribution in [3.05, 3.63) is 0 Å². The van der Waals surface area contributed by atoms with Crippen LogP contribution in [0.15, 0.2) is 4.99 Å². The fraction of sp³-hybridized carbons (Fsp3) is 0.909. The molecule has 0 aromatic rings. The Bertz CT molecular complexity index is 269. The van der Waals surface area contributed by atoms with Crippen LogP contribution in [0.4, 0.5) is 0 Å². The van der Waals surface area contributed by atoms with Gasteiger partial charge in [0.25, 0.3) is 0 Å². The van der Waals surface area contributed by atoms with Gasteiger partial charge >= 0.3 is 0 Å². The Labute approximate surface area is 84.6 Å². The minimum Gasteiger partial charge on any atom is -0.229 e. The molecule has 0 aliphatic heterocycles. The highest BCUT2D eigenvalue weighted by Gasteiger charge is 2.53. The van der Waals surface area contributed by atoms with Crippen LogP contribution < -0.4 is 0 Å². The summed E-state index contributed by atoms with van der Waals surface area (Å²) in [5.74, 6) is 3.96. The van der Waals surface area contributed by atoms with Crippen LogP contribution in [-0.2, 0) is 0 Å². The summed E-state index contributed by atoms with van der Waals surface area (Å²) in [5.41, 5.74) is 0. The fourth-order valence-electron chi connectivity index (χ4n) is 4.25. The molecule has 0 aromatic carbocycles. The molecule has 0 amide bonds. The molecule has 13 heavy (non-hydrogen) atoms. The SMILES string of the molecule is S=C=NC1CC2CC1C1CCCC21. The molecule has 0 saturated heterocycles. The summed E-state index contributed by atoms with van der Waals surface area (Å²) in [5, 5.41) is 2.58. The number of thiocarbonyl (C=S) groups is 1. The Morgan fingerprint density at radius 2 is 1.92 bits per heavy atom. The standard InChI is InChI=1S/C11H15NS/c13-6-12-11-5-7-4-10(11)9-3-1-2-8(7)9/h7-11H,1-5H2. The van der Waals surface area contributed by atoms with Crippen LogP contribution in [0.25, 0.3) is 0 Å². The predicted octanol–water partition coefficient (Wildman–Crippen LogP) is 2.91. The lowest BCUT2D eigenvalue weighted by molar-refractivity contribution is 0.235. The van der Waals surface area contributed by atoms with Gasteiger partial charge in [0.2, 0.25) is 0 Å². The van der Waals surface area contributed by atoms with Gasteiger partial charge in [-0.1, -0.05) is 6.42 Å². The first kappa shape index (κ1) is 8.14. The van der Waals surface area contributed by atoms with Gasteiger partial charge in [-0.25, -0.2) is 4.99 Å². The van der Waals surface area contributed by atoms with Crippen LogP contribution in [0.2, 0.25) is 0 Å². The molecule has 3 rings (SSSR count). The van der Waals surface area contributed by atoms with Crippen LogP contribution in [0.1, 0.15) is 32.1 Å². The van der Waals surface area contributed by atoms with Crippen LogP contribution in [-0.4, -0.2) is 11.2 Å². The Hall–Kier alpha value is -0.200. The Morgan fingerprint density at radius 3 is 2.77 bits per heavy atom. The highest BCUT2D eigenvalue weighted by Crippen LogP contribution is 2.59. The number of nitrogens with zero attached hydrogens (tertiary/aromatic N) is 1. The zero-order chi connectivity index (χ0) is 8.84. The first-order valence-electron chi connectivity index (χ1n) is 5.47. The second-order valence-corrected chi connectivity index (χ2v) is 5.12. The normalized spacial score (nSPS) is 51.8. The summed E-state index contributed by atoms with van der Waals surface area (Å²) in [7, 11) is 0. The number of hydrogen-bond donors (Lipinski definition) is 0. The average molecular weight is 193 g/mol. The smallest absolute Gasteiger partial charge is 0.0636 e. The second-order valence-electron chi connectivity index (χ2n) is 4.94. The van der Waals surface area contributed by atoms with Crippen LogP contribution >= 0.6 is 12.2 Å². The first-order valence-corrected chi connectivity index (χ1v) is 5.88. The molecule has 5 unspecified atom stereocenters. The van der Waals surface area contributed by atoms with Crippen molar-refractivity contribution in [1.82, 2.24) is 0 Å². The summed E-state index contributed by atoms with van der Waals surface area (Å²) in [6, 6.07) is 0.557. The van der Waals surface area contributed by atoms with Crippen molar-refractivity contribution in [3.63, 3.8) is 0 Å². The minimum absolute atomic E-state index is 0.557. The molecule has 0 radical (unpaired) electrons. The van der Waals surface area contributed by atoms with E-state index < -0.39 is 0 Å². The Balaban J connectivity index is 1.85. The third kappa shape index (κ3) is 1.05. The topological polar surface area (TPSA) is 12.4 Å². The van der Waals surface area contributed by atoms with E-state index in [-0.39, 0.29) is 0 Å². The van der Waals surface area contributed by atoms with E-state index >= 15 is 0 Å². The van der Waals surface area contributed by atoms with E-state index in [4.69, 9.17) is 12.2 Å². The van der Waals surface area contributed by atoms with Gasteiger partial charge in [0.15, 0.2) is 0 Å². The van der Waals surface area contributed by atoms with Crippen molar-refractivity contribution in [2.24, 2.45) is 28.7 Å². The van der Waals surface area contributed by atoms with E-state index in [2.05, 4.69) is 10.2 Å². The quantitative estimate of drug-likeness (QED) is 0.461. The lowest BCUT2D eigenvalue weighted by Crippen LogP contribution is -2.26. The third-order valence-corrected chi connectivity index (χ3v) is 4.72. The number of rotatable bonds is 1. The molecule has 0 aromatic heterocycles. The van der Waals surface area contributed by atoms with Crippen LogP contribution in [0, 0.1) is 23.7 Å². The van der Waals surface area contributed by atoms with Crippen molar-refractivity contribution in [1.29, 1.82) is 0 Å². The molecular formula is C11H15NS. The van der Waals surface area contributed by atoms with Crippen LogP contribution in [0.5, 0.6) is 0 Å². The van der Waals surface area contributed by atoms with Crippen molar-refractivity contribution in [3.8, 4) is 0 Å². The molecule has 3 aliphatic carbocycles. The molecule has 3 fully saturated rings. The van der Waals surface area contributed by atoms with E-state index in [0.29, 0.717) is 6.04 Å². The van der Waals surface area contributed by atoms with Crippen molar-refractivity contribution in [2.45, 2.75) is 38.1 Å². The monoisotopic (exact) mass is 193 g/mol. The molecule has 1 nitrogen and oxygen atoms in total. The van der Waals surface area contributed by atoms with Gasteiger partial charge in [-0.2, -0.15) is 0 Å². The highest BCUT2D eigenvalue weighted by atomic mass is 32.1. The summed E-state index contributed by atoms with van der Waals surface area (Å²) in [6.07, 6.45) is 7.20. The fourth-order valence-corrected chi connectivity index (χ4v) is 4.38. The summed E-state index contributed by atoms with van der Waals surface area (Å²) >= 11 is 4.71. The Kier molecular flexibility index (Phi) is 1.81. The van der Waals surface area contributed by atoms with E-state index in [0.717, 1.165) is 23.7 Å². The molecule has 3 saturated carbocycles. The molecule has 0 N–H and O–H groups in total. The van der Waals surface area contributed by atoms with Gasteiger partial charge < -0.3 is 0 Å². The van der Waals surface area contributed by atoms with Crippen LogP contribution in [0.3, 0.4) is 0 Å². The average Bonchev–Trinajstić information content (AvgIpc) is 2.72. The first-order chi connectivity index (χ1) is 6.40. The maximum Gasteiger partial charge on any atom is 0.0636 e. The van der Waals surface area contributed by atoms with E-state index in [1.165, 1.54) is 32.1 Å². The molecule has 0 spiro atoms. The second kappa shape index (κ2) is 2.90. The van der Waals surface area contributed by atoms with Crippen molar-refractivity contribution < 1.29 is 0 Å². The van der Waals surface area contributed by atoms with Gasteiger partial charge in [0.05, 0.1) is 11.2 Å². The number of isothiocyanates is 1. The van der Waals surface area contributed by atoms with E-state index in [1.807, 2.05) is 0 Å². The Morgan fingerprint density at radius 1 is 1.08 bits per heavy atom. The number of fused-ring (bicyclic) bond motifs is 5. The molecule has 2 heteroatoms. The predicted molar refractivity (Wildman–Crippen MR) is 55.9 cm³/mol. The van der Waals surface area contributed by atoms with E-state index in [1.54, 1.807) is 0 Å². The molecule has 3 aliphatic rings. The molecule has 5 atom stereocenters. The molecule has 70 valence electrons. The van der Waals surface area contributed by atoms with Gasteiger partial charge in [-0.05, 0) is 61.6 Å². The van der Waals surface area contributed by atoms with Gasteiger partial charge in [-0.3, -0.25) is 0 Å². The van der Waals surface area contributed by atoms with Crippen molar-refractivity contribution >= 4 is 17.4 Å². The summed E-state index contributed by atoms with van der Waals surface area (Å²) < 4.78 is 0. The van der Waals surface area contributed by atoms with Crippen molar-refractivity contribution in [2.75, 3.05) is 0 Å². The molecule has 0 heterocycles. The van der Waals surface area contributed by atoms with E-state index in [9.17, 15) is 0 Å². The summed E-state index contributed by atoms with van der Waals surface area (Å²) in [6.45, 7) is 0. The largest absolute Gasteiger partial charge is 0.229 e. The zero-order valence-corrected chi connectivity index (χ0v) is 8.59. The molecular weight excluding hydrogens is 178 g/mol. The van der Waals surface area contributed by atoms with Gasteiger partial charge in [-0.15, -0.1) is 0 Å². The molecule has 2 bridgehead atoms. The minimum atomic E-state index is 0.557. The lowest BCUT2D eigenvalue weighted by atomic mass is 9.79. The zero-order valence-electron chi connectivity index (χ0n) is 7.78. The maximum atomic E-state index is 4.71. The summed E-state index contributed by atoms with van der Waals surface area (Å²) in [4.78, 5) is 4.33. The highest BCUT2D eigenvalue weighted by molar-refractivity contribution is 7.78. The maximum absolute atomic E-state index is 4.71.